The van der Waals surface area contributed by atoms with Crippen molar-refractivity contribution in [3.63, 3.8) is 0 Å². The second kappa shape index (κ2) is 10.6. The number of rotatable bonds is 8. The number of ether oxygens (including phenoxy) is 2. The van der Waals surface area contributed by atoms with Gasteiger partial charge in [0.2, 0.25) is 0 Å². The molecule has 2 saturated carbocycles. The standard InChI is InChI=1S/C36H39N5O4/c1-20-24-8-11-29(20)41(18-24)36(43)25-14-28-33(32(16-25)45-4)39(2)35(38-28)30-15-23-7-10-27(37-34(23)40(30)17-21-5-6-21)22-9-12-31(44-3)26(13-22)19-42/h7,9-10,12-16,20-21,24,29,42H,5-6,8,11,17-19H2,1-4H3/t20-,24?,29?/m1/s1. The molecule has 2 bridgehead atoms. The van der Waals surface area contributed by atoms with Gasteiger partial charge in [0.1, 0.15) is 22.7 Å². The number of aliphatic hydroxyl groups excluding tert-OH is 1. The molecule has 4 heterocycles. The van der Waals surface area contributed by atoms with Crippen LogP contribution in [-0.4, -0.2) is 61.8 Å². The number of pyridine rings is 1. The fourth-order valence-electron chi connectivity index (χ4n) is 7.81. The Morgan fingerprint density at radius 2 is 1.80 bits per heavy atom. The average Bonchev–Trinajstić information content (AvgIpc) is 3.47. The fourth-order valence-corrected chi connectivity index (χ4v) is 7.81. The summed E-state index contributed by atoms with van der Waals surface area (Å²) in [5.41, 5.74) is 6.63. The Labute approximate surface area is 262 Å². The smallest absolute Gasteiger partial charge is 0.254 e. The highest BCUT2D eigenvalue weighted by molar-refractivity contribution is 6.00. The summed E-state index contributed by atoms with van der Waals surface area (Å²) in [6, 6.07) is 16.2. The molecule has 0 spiro atoms. The Balaban J connectivity index is 1.23. The maximum Gasteiger partial charge on any atom is 0.254 e. The number of likely N-dealkylation sites (tertiary alicyclic amines) is 1. The van der Waals surface area contributed by atoms with Crippen molar-refractivity contribution in [2.45, 2.75) is 51.8 Å². The molecule has 3 atom stereocenters. The minimum Gasteiger partial charge on any atom is -0.496 e. The molecule has 3 fully saturated rings. The maximum absolute atomic E-state index is 13.8. The highest BCUT2D eigenvalue weighted by atomic mass is 16.5. The first kappa shape index (κ1) is 28.1. The van der Waals surface area contributed by atoms with Crippen LogP contribution < -0.4 is 9.47 Å². The van der Waals surface area contributed by atoms with Gasteiger partial charge in [0.25, 0.3) is 5.91 Å². The third kappa shape index (κ3) is 4.50. The second-order valence-corrected chi connectivity index (χ2v) is 13.1. The number of hydrogen-bond donors (Lipinski definition) is 1. The van der Waals surface area contributed by atoms with E-state index in [-0.39, 0.29) is 12.5 Å². The average molecular weight is 606 g/mol. The summed E-state index contributed by atoms with van der Waals surface area (Å²) in [7, 11) is 5.28. The molecule has 3 aromatic heterocycles. The molecule has 0 radical (unpaired) electrons. The molecule has 5 aromatic rings. The molecular formula is C36H39N5O4. The third-order valence-electron chi connectivity index (χ3n) is 10.5. The lowest BCUT2D eigenvalue weighted by atomic mass is 10.0. The molecule has 45 heavy (non-hydrogen) atoms. The van der Waals surface area contributed by atoms with Crippen LogP contribution in [0.1, 0.15) is 48.5 Å². The van der Waals surface area contributed by atoms with Gasteiger partial charge in [0.05, 0.1) is 37.7 Å². The third-order valence-corrected chi connectivity index (χ3v) is 10.5. The number of aryl methyl sites for hydroxylation is 1. The number of piperidine rings is 1. The first-order chi connectivity index (χ1) is 21.9. The van der Waals surface area contributed by atoms with Crippen LogP contribution in [0.25, 0.3) is 44.8 Å². The van der Waals surface area contributed by atoms with Crippen molar-refractivity contribution in [3.05, 3.63) is 59.7 Å². The monoisotopic (exact) mass is 605 g/mol. The van der Waals surface area contributed by atoms with Crippen molar-refractivity contribution < 1.29 is 19.4 Å². The van der Waals surface area contributed by atoms with E-state index in [4.69, 9.17) is 19.4 Å². The highest BCUT2D eigenvalue weighted by Crippen LogP contribution is 2.44. The Morgan fingerprint density at radius 1 is 0.978 bits per heavy atom. The summed E-state index contributed by atoms with van der Waals surface area (Å²) in [5, 5.41) is 10.9. The molecule has 9 nitrogen and oxygen atoms in total. The number of imidazole rings is 1. The van der Waals surface area contributed by atoms with Crippen LogP contribution in [0.5, 0.6) is 11.5 Å². The maximum atomic E-state index is 13.8. The van der Waals surface area contributed by atoms with Gasteiger partial charge in [-0.2, -0.15) is 0 Å². The molecular weight excluding hydrogens is 566 g/mol. The van der Waals surface area contributed by atoms with Gasteiger partial charge in [-0.05, 0) is 92.0 Å². The van der Waals surface area contributed by atoms with E-state index < -0.39 is 0 Å². The van der Waals surface area contributed by atoms with Crippen LogP contribution in [-0.2, 0) is 20.2 Å². The number of aromatic nitrogens is 4. The van der Waals surface area contributed by atoms with Crippen LogP contribution in [0, 0.1) is 17.8 Å². The van der Waals surface area contributed by atoms with Gasteiger partial charge in [0, 0.05) is 48.3 Å². The number of methoxy groups -OCH3 is 2. The Morgan fingerprint density at radius 3 is 2.49 bits per heavy atom. The molecule has 2 aliphatic carbocycles. The molecule has 9 heteroatoms. The van der Waals surface area contributed by atoms with Crippen molar-refractivity contribution in [2.24, 2.45) is 24.8 Å². The summed E-state index contributed by atoms with van der Waals surface area (Å²) in [5.74, 6) is 3.97. The number of amides is 1. The van der Waals surface area contributed by atoms with E-state index in [1.807, 2.05) is 43.4 Å². The molecule has 2 unspecified atom stereocenters. The van der Waals surface area contributed by atoms with Crippen LogP contribution in [0.15, 0.2) is 48.5 Å². The second-order valence-electron chi connectivity index (χ2n) is 13.1. The lowest BCUT2D eigenvalue weighted by Crippen LogP contribution is -2.38. The summed E-state index contributed by atoms with van der Waals surface area (Å²) < 4.78 is 15.7. The number of carbonyl (C=O) groups is 1. The van der Waals surface area contributed by atoms with E-state index >= 15 is 0 Å². The molecule has 232 valence electrons. The van der Waals surface area contributed by atoms with Crippen molar-refractivity contribution in [2.75, 3.05) is 20.8 Å². The van der Waals surface area contributed by atoms with Gasteiger partial charge in [-0.1, -0.05) is 6.92 Å². The topological polar surface area (TPSA) is 94.6 Å². The van der Waals surface area contributed by atoms with Crippen molar-refractivity contribution >= 4 is 28.0 Å². The zero-order valence-corrected chi connectivity index (χ0v) is 26.3. The Kier molecular flexibility index (Phi) is 6.64. The van der Waals surface area contributed by atoms with Crippen LogP contribution in [0.3, 0.4) is 0 Å². The molecule has 1 amide bonds. The van der Waals surface area contributed by atoms with E-state index in [0.717, 1.165) is 69.9 Å². The number of benzene rings is 2. The number of hydrogen-bond acceptors (Lipinski definition) is 6. The van der Waals surface area contributed by atoms with Gasteiger partial charge in [0.15, 0.2) is 5.82 Å². The molecule has 2 aromatic carbocycles. The van der Waals surface area contributed by atoms with E-state index in [1.165, 1.54) is 19.3 Å². The first-order valence-electron chi connectivity index (χ1n) is 16.0. The molecule has 1 saturated heterocycles. The Hall–Kier alpha value is -4.37. The number of fused-ring (bicyclic) bond motifs is 4. The SMILES string of the molecule is COc1ccc(-c2ccc3cc(-c4nc5cc(C(=O)N6CC7CCC6[C@@H]7C)cc(OC)c5n4C)n(CC4CC4)c3n2)cc1CO. The lowest BCUT2D eigenvalue weighted by molar-refractivity contribution is 0.0696. The van der Waals surface area contributed by atoms with E-state index in [0.29, 0.717) is 40.9 Å². The largest absolute Gasteiger partial charge is 0.496 e. The molecule has 1 N–H and O–H groups in total. The molecule has 3 aliphatic rings. The van der Waals surface area contributed by atoms with Crippen molar-refractivity contribution in [1.29, 1.82) is 0 Å². The number of aliphatic hydroxyl groups is 1. The Bertz CT molecular complexity index is 1970. The normalized spacial score (nSPS) is 20.9. The van der Waals surface area contributed by atoms with Gasteiger partial charge in [-0.25, -0.2) is 9.97 Å². The summed E-state index contributed by atoms with van der Waals surface area (Å²) in [6.07, 6.45) is 4.72. The zero-order valence-electron chi connectivity index (χ0n) is 26.3. The van der Waals surface area contributed by atoms with E-state index in [2.05, 4.69) is 33.1 Å². The molecule has 8 rings (SSSR count). The highest BCUT2D eigenvalue weighted by Gasteiger charge is 2.46. The van der Waals surface area contributed by atoms with E-state index in [1.54, 1.807) is 14.2 Å². The first-order valence-corrected chi connectivity index (χ1v) is 16.0. The van der Waals surface area contributed by atoms with Gasteiger partial charge >= 0.3 is 0 Å². The zero-order chi connectivity index (χ0) is 31.0. The van der Waals surface area contributed by atoms with Gasteiger partial charge in [-0.15, -0.1) is 0 Å². The van der Waals surface area contributed by atoms with Crippen LogP contribution in [0.4, 0.5) is 0 Å². The molecule has 1 aliphatic heterocycles. The summed E-state index contributed by atoms with van der Waals surface area (Å²) in [6.45, 7) is 3.88. The van der Waals surface area contributed by atoms with Crippen molar-refractivity contribution in [3.8, 4) is 34.3 Å². The van der Waals surface area contributed by atoms with Crippen molar-refractivity contribution in [1.82, 2.24) is 24.0 Å². The number of nitrogens with zero attached hydrogens (tertiary/aromatic N) is 5. The summed E-state index contributed by atoms with van der Waals surface area (Å²) >= 11 is 0. The predicted octanol–water partition coefficient (Wildman–Crippen LogP) is 6.05. The van der Waals surface area contributed by atoms with Gasteiger partial charge < -0.3 is 28.6 Å². The summed E-state index contributed by atoms with van der Waals surface area (Å²) in [4.78, 5) is 26.2. The van der Waals surface area contributed by atoms with E-state index in [9.17, 15) is 9.90 Å². The number of carbonyl (C=O) groups excluding carboxylic acids is 1. The van der Waals surface area contributed by atoms with Crippen LogP contribution in [0.2, 0.25) is 0 Å². The van der Waals surface area contributed by atoms with Gasteiger partial charge in [-0.3, -0.25) is 4.79 Å². The predicted molar refractivity (Wildman–Crippen MR) is 173 cm³/mol. The fraction of sp³-hybridized carbons (Fsp3) is 0.417. The minimum atomic E-state index is -0.108. The minimum absolute atomic E-state index is 0.0731. The quantitative estimate of drug-likeness (QED) is 0.232. The lowest BCUT2D eigenvalue weighted by Gasteiger charge is -2.27. The van der Waals surface area contributed by atoms with Crippen LogP contribution >= 0.6 is 0 Å².